The molecule has 5 heteroatoms. The number of benzene rings is 1. The first-order valence-electron chi connectivity index (χ1n) is 7.49. The first kappa shape index (κ1) is 17.1. The van der Waals surface area contributed by atoms with Crippen molar-refractivity contribution in [3.8, 4) is 5.75 Å². The molecular formula is C16H25BrN2OS. The summed E-state index contributed by atoms with van der Waals surface area (Å²) in [5.74, 6) is 3.42. The van der Waals surface area contributed by atoms with Gasteiger partial charge in [-0.3, -0.25) is 0 Å². The number of hydrogen-bond acceptors (Lipinski definition) is 4. The molecule has 1 saturated heterocycles. The van der Waals surface area contributed by atoms with Gasteiger partial charge in [-0.1, -0.05) is 22.9 Å². The van der Waals surface area contributed by atoms with Gasteiger partial charge in [0.1, 0.15) is 5.75 Å². The van der Waals surface area contributed by atoms with Gasteiger partial charge < -0.3 is 15.0 Å². The third-order valence-corrected chi connectivity index (χ3v) is 5.60. The molecule has 0 spiro atoms. The van der Waals surface area contributed by atoms with E-state index in [0.29, 0.717) is 12.1 Å². The zero-order valence-corrected chi connectivity index (χ0v) is 15.5. The molecule has 2 rings (SSSR count). The van der Waals surface area contributed by atoms with Crippen LogP contribution in [0.2, 0.25) is 0 Å². The number of nitrogens with one attached hydrogen (secondary N) is 1. The SMILES string of the molecule is CCNC(Cc1cc(Br)ccc1OC)C1CSCCN1C. The number of hydrogen-bond donors (Lipinski definition) is 1. The Bertz CT molecular complexity index is 458. The summed E-state index contributed by atoms with van der Waals surface area (Å²) in [4.78, 5) is 2.49. The average Bonchev–Trinajstić information content (AvgIpc) is 2.48. The highest BCUT2D eigenvalue weighted by molar-refractivity contribution is 9.10. The summed E-state index contributed by atoms with van der Waals surface area (Å²) in [6, 6.07) is 7.29. The molecule has 1 aliphatic heterocycles. The third kappa shape index (κ3) is 4.62. The second kappa shape index (κ2) is 8.42. The van der Waals surface area contributed by atoms with Gasteiger partial charge in [0, 0.05) is 34.6 Å². The first-order valence-corrected chi connectivity index (χ1v) is 9.44. The maximum Gasteiger partial charge on any atom is 0.122 e. The molecule has 118 valence electrons. The molecule has 1 heterocycles. The topological polar surface area (TPSA) is 24.5 Å². The number of nitrogens with zero attached hydrogens (tertiary/aromatic N) is 1. The van der Waals surface area contributed by atoms with Gasteiger partial charge in [-0.15, -0.1) is 0 Å². The van der Waals surface area contributed by atoms with E-state index in [1.54, 1.807) is 7.11 Å². The van der Waals surface area contributed by atoms with Crippen LogP contribution in [0.15, 0.2) is 22.7 Å². The van der Waals surface area contributed by atoms with Crippen molar-refractivity contribution in [2.45, 2.75) is 25.4 Å². The molecule has 2 atom stereocenters. The molecule has 1 fully saturated rings. The van der Waals surface area contributed by atoms with E-state index in [0.717, 1.165) is 23.2 Å². The van der Waals surface area contributed by atoms with Crippen LogP contribution in [-0.4, -0.2) is 55.7 Å². The van der Waals surface area contributed by atoms with Crippen LogP contribution >= 0.6 is 27.7 Å². The summed E-state index contributed by atoms with van der Waals surface area (Å²) in [6.07, 6.45) is 0.992. The molecule has 1 N–H and O–H groups in total. The van der Waals surface area contributed by atoms with Crippen LogP contribution in [-0.2, 0) is 6.42 Å². The average molecular weight is 373 g/mol. The zero-order chi connectivity index (χ0) is 15.2. The van der Waals surface area contributed by atoms with Gasteiger partial charge >= 0.3 is 0 Å². The first-order chi connectivity index (χ1) is 10.2. The summed E-state index contributed by atoms with van der Waals surface area (Å²) in [7, 11) is 3.99. The lowest BCUT2D eigenvalue weighted by atomic mass is 9.98. The number of rotatable bonds is 6. The van der Waals surface area contributed by atoms with Gasteiger partial charge in [-0.2, -0.15) is 11.8 Å². The predicted molar refractivity (Wildman–Crippen MR) is 95.6 cm³/mol. The molecule has 3 nitrogen and oxygen atoms in total. The molecule has 0 radical (unpaired) electrons. The number of methoxy groups -OCH3 is 1. The third-order valence-electron chi connectivity index (χ3n) is 4.06. The van der Waals surface area contributed by atoms with Crippen molar-refractivity contribution in [3.63, 3.8) is 0 Å². The van der Waals surface area contributed by atoms with E-state index in [4.69, 9.17) is 4.74 Å². The van der Waals surface area contributed by atoms with Crippen LogP contribution in [0.25, 0.3) is 0 Å². The Balaban J connectivity index is 2.17. The lowest BCUT2D eigenvalue weighted by Gasteiger charge is -2.38. The van der Waals surface area contributed by atoms with E-state index in [1.165, 1.54) is 23.6 Å². The Morgan fingerprint density at radius 1 is 1.52 bits per heavy atom. The van der Waals surface area contributed by atoms with Crippen LogP contribution in [0, 0.1) is 0 Å². The summed E-state index contributed by atoms with van der Waals surface area (Å²) in [5.41, 5.74) is 1.27. The van der Waals surface area contributed by atoms with Gasteiger partial charge in [0.05, 0.1) is 7.11 Å². The summed E-state index contributed by atoms with van der Waals surface area (Å²) in [5, 5.41) is 3.68. The highest BCUT2D eigenvalue weighted by Crippen LogP contribution is 2.26. The minimum absolute atomic E-state index is 0.455. The van der Waals surface area contributed by atoms with Crippen molar-refractivity contribution in [1.82, 2.24) is 10.2 Å². The number of likely N-dealkylation sites (N-methyl/N-ethyl adjacent to an activating group) is 2. The zero-order valence-electron chi connectivity index (χ0n) is 13.1. The largest absolute Gasteiger partial charge is 0.496 e. The molecule has 0 aliphatic carbocycles. The number of ether oxygens (including phenoxy) is 1. The monoisotopic (exact) mass is 372 g/mol. The molecule has 1 aliphatic rings. The number of thioether (sulfide) groups is 1. The van der Waals surface area contributed by atoms with Crippen LogP contribution in [0.5, 0.6) is 5.75 Å². The summed E-state index contributed by atoms with van der Waals surface area (Å²) >= 11 is 5.63. The normalized spacial score (nSPS) is 21.2. The fraction of sp³-hybridized carbons (Fsp3) is 0.625. The molecule has 2 unspecified atom stereocenters. The van der Waals surface area contributed by atoms with Crippen LogP contribution in [0.4, 0.5) is 0 Å². The van der Waals surface area contributed by atoms with Crippen molar-refractivity contribution in [2.24, 2.45) is 0 Å². The lowest BCUT2D eigenvalue weighted by molar-refractivity contribution is 0.214. The van der Waals surface area contributed by atoms with E-state index >= 15 is 0 Å². The molecule has 0 aromatic heterocycles. The fourth-order valence-electron chi connectivity index (χ4n) is 2.88. The molecule has 0 saturated carbocycles. The Labute approximate surface area is 140 Å². The molecule has 21 heavy (non-hydrogen) atoms. The minimum atomic E-state index is 0.455. The fourth-order valence-corrected chi connectivity index (χ4v) is 4.60. The summed E-state index contributed by atoms with van der Waals surface area (Å²) < 4.78 is 6.64. The van der Waals surface area contributed by atoms with Crippen LogP contribution in [0.1, 0.15) is 12.5 Å². The smallest absolute Gasteiger partial charge is 0.122 e. The van der Waals surface area contributed by atoms with Gasteiger partial charge in [-0.25, -0.2) is 0 Å². The molecule has 0 amide bonds. The highest BCUT2D eigenvalue weighted by atomic mass is 79.9. The quantitative estimate of drug-likeness (QED) is 0.829. The predicted octanol–water partition coefficient (Wildman–Crippen LogP) is 3.03. The van der Waals surface area contributed by atoms with E-state index in [9.17, 15) is 0 Å². The molecule has 1 aromatic rings. The van der Waals surface area contributed by atoms with Gasteiger partial charge in [0.15, 0.2) is 0 Å². The van der Waals surface area contributed by atoms with Crippen molar-refractivity contribution in [1.29, 1.82) is 0 Å². The Hall–Kier alpha value is -0.230. The van der Waals surface area contributed by atoms with Gasteiger partial charge in [0.25, 0.3) is 0 Å². The Kier molecular flexibility index (Phi) is 6.86. The van der Waals surface area contributed by atoms with Crippen molar-refractivity contribution < 1.29 is 4.74 Å². The second-order valence-corrected chi connectivity index (χ2v) is 7.51. The van der Waals surface area contributed by atoms with Crippen molar-refractivity contribution in [2.75, 3.05) is 38.8 Å². The maximum atomic E-state index is 5.53. The maximum absolute atomic E-state index is 5.53. The lowest BCUT2D eigenvalue weighted by Crippen LogP contribution is -2.53. The summed E-state index contributed by atoms with van der Waals surface area (Å²) in [6.45, 7) is 4.35. The standard InChI is InChI=1S/C16H25BrN2OS/c1-4-18-14(15-11-21-8-7-19(15)2)10-12-9-13(17)5-6-16(12)20-3/h5-6,9,14-15,18H,4,7-8,10-11H2,1-3H3. The minimum Gasteiger partial charge on any atom is -0.496 e. The molecular weight excluding hydrogens is 348 g/mol. The van der Waals surface area contributed by atoms with Gasteiger partial charge in [0.2, 0.25) is 0 Å². The van der Waals surface area contributed by atoms with Crippen molar-refractivity contribution >= 4 is 27.7 Å². The van der Waals surface area contributed by atoms with Crippen molar-refractivity contribution in [3.05, 3.63) is 28.2 Å². The highest BCUT2D eigenvalue weighted by Gasteiger charge is 2.28. The van der Waals surface area contributed by atoms with Gasteiger partial charge in [-0.05, 0) is 43.8 Å². The van der Waals surface area contributed by atoms with Crippen LogP contribution in [0.3, 0.4) is 0 Å². The Morgan fingerprint density at radius 3 is 3.00 bits per heavy atom. The van der Waals surface area contributed by atoms with E-state index in [2.05, 4.69) is 57.9 Å². The van der Waals surface area contributed by atoms with Crippen LogP contribution < -0.4 is 10.1 Å². The molecule has 0 bridgehead atoms. The van der Waals surface area contributed by atoms with E-state index < -0.39 is 0 Å². The Morgan fingerprint density at radius 2 is 2.33 bits per heavy atom. The molecule has 1 aromatic carbocycles. The van der Waals surface area contributed by atoms with E-state index in [1.807, 2.05) is 12.1 Å². The number of halogens is 1. The second-order valence-electron chi connectivity index (χ2n) is 5.45. The van der Waals surface area contributed by atoms with E-state index in [-0.39, 0.29) is 0 Å².